The molecule has 1 aromatic heterocycles. The van der Waals surface area contributed by atoms with Gasteiger partial charge >= 0.3 is 5.97 Å². The summed E-state index contributed by atoms with van der Waals surface area (Å²) in [6, 6.07) is 9.34. The zero-order valence-electron chi connectivity index (χ0n) is 13.1. The summed E-state index contributed by atoms with van der Waals surface area (Å²) in [5.41, 5.74) is 1.88. The van der Waals surface area contributed by atoms with Crippen molar-refractivity contribution in [3.63, 3.8) is 0 Å². The number of ether oxygens (including phenoxy) is 1. The molecule has 0 aliphatic heterocycles. The molecule has 0 amide bonds. The largest absolute Gasteiger partial charge is 0.462 e. The van der Waals surface area contributed by atoms with Crippen molar-refractivity contribution in [3.8, 4) is 0 Å². The average molecular weight is 379 g/mol. The van der Waals surface area contributed by atoms with E-state index in [0.717, 1.165) is 0 Å². The molecule has 0 saturated heterocycles. The molecule has 1 heterocycles. The Labute approximate surface area is 153 Å². The summed E-state index contributed by atoms with van der Waals surface area (Å²) >= 11 is 11.9. The van der Waals surface area contributed by atoms with Crippen molar-refractivity contribution in [1.29, 1.82) is 0 Å². The Hall–Kier alpha value is -2.37. The van der Waals surface area contributed by atoms with Crippen LogP contribution in [0.3, 0.4) is 0 Å². The van der Waals surface area contributed by atoms with Crippen LogP contribution in [0.4, 0.5) is 15.8 Å². The average Bonchev–Trinajstić information content (AvgIpc) is 2.58. The summed E-state index contributed by atoms with van der Waals surface area (Å²) in [6.45, 7) is 1.95. The summed E-state index contributed by atoms with van der Waals surface area (Å²) < 4.78 is 18.5. The molecule has 2 aromatic carbocycles. The third-order valence-corrected chi connectivity index (χ3v) is 4.04. The monoisotopic (exact) mass is 378 g/mol. The first-order chi connectivity index (χ1) is 12.0. The summed E-state index contributed by atoms with van der Waals surface area (Å²) in [5.74, 6) is -1.05. The highest BCUT2D eigenvalue weighted by Crippen LogP contribution is 2.32. The number of carbonyl (C=O) groups excluding carboxylic acids is 1. The number of aromatic nitrogens is 1. The minimum Gasteiger partial charge on any atom is -0.462 e. The number of rotatable bonds is 4. The van der Waals surface area contributed by atoms with E-state index in [9.17, 15) is 9.18 Å². The van der Waals surface area contributed by atoms with Gasteiger partial charge in [0.2, 0.25) is 0 Å². The molecule has 3 aromatic rings. The standard InChI is InChI=1S/C18H13Cl2FN2O2/c1-2-25-18(24)13-9-22-16-6-3-10(19)7-12(16)17(13)23-11-4-5-15(21)14(20)8-11/h3-9H,2H2,1H3,(H,22,23). The van der Waals surface area contributed by atoms with Crippen LogP contribution in [0.2, 0.25) is 10.0 Å². The van der Waals surface area contributed by atoms with Crippen LogP contribution in [0.15, 0.2) is 42.6 Å². The Morgan fingerprint density at radius 2 is 2.04 bits per heavy atom. The summed E-state index contributed by atoms with van der Waals surface area (Å²) in [6.07, 6.45) is 1.43. The van der Waals surface area contributed by atoms with Gasteiger partial charge in [-0.2, -0.15) is 0 Å². The predicted octanol–water partition coefficient (Wildman–Crippen LogP) is 5.60. The number of halogens is 3. The van der Waals surface area contributed by atoms with Gasteiger partial charge < -0.3 is 10.1 Å². The van der Waals surface area contributed by atoms with Crippen LogP contribution >= 0.6 is 23.2 Å². The number of hydrogen-bond donors (Lipinski definition) is 1. The third-order valence-electron chi connectivity index (χ3n) is 3.51. The van der Waals surface area contributed by atoms with Gasteiger partial charge in [0.15, 0.2) is 0 Å². The molecule has 0 atom stereocenters. The van der Waals surface area contributed by atoms with E-state index in [2.05, 4.69) is 10.3 Å². The van der Waals surface area contributed by atoms with Crippen molar-refractivity contribution in [2.24, 2.45) is 0 Å². The first-order valence-corrected chi connectivity index (χ1v) is 8.22. The second-order valence-corrected chi connectivity index (χ2v) is 6.03. The molecule has 0 spiro atoms. The van der Waals surface area contributed by atoms with Gasteiger partial charge in [-0.15, -0.1) is 0 Å². The molecular weight excluding hydrogens is 366 g/mol. The second kappa shape index (κ2) is 7.25. The molecule has 0 saturated carbocycles. The number of esters is 1. The second-order valence-electron chi connectivity index (χ2n) is 5.18. The normalized spacial score (nSPS) is 10.7. The first-order valence-electron chi connectivity index (χ1n) is 7.47. The van der Waals surface area contributed by atoms with Crippen LogP contribution in [-0.4, -0.2) is 17.6 Å². The van der Waals surface area contributed by atoms with Crippen LogP contribution in [-0.2, 0) is 4.74 Å². The minimum absolute atomic E-state index is 0.0286. The van der Waals surface area contributed by atoms with Crippen LogP contribution in [0.1, 0.15) is 17.3 Å². The Morgan fingerprint density at radius 1 is 1.24 bits per heavy atom. The lowest BCUT2D eigenvalue weighted by Crippen LogP contribution is -2.09. The van der Waals surface area contributed by atoms with E-state index in [1.807, 2.05) is 0 Å². The number of nitrogens with zero attached hydrogens (tertiary/aromatic N) is 1. The number of benzene rings is 2. The third kappa shape index (κ3) is 3.67. The lowest BCUT2D eigenvalue weighted by molar-refractivity contribution is 0.0527. The fourth-order valence-electron chi connectivity index (χ4n) is 2.38. The molecule has 0 unspecified atom stereocenters. The number of anilines is 2. The van der Waals surface area contributed by atoms with Gasteiger partial charge in [0.05, 0.1) is 22.8 Å². The lowest BCUT2D eigenvalue weighted by atomic mass is 10.1. The molecule has 0 bridgehead atoms. The van der Waals surface area contributed by atoms with E-state index in [1.165, 1.54) is 24.4 Å². The molecular formula is C18H13Cl2FN2O2. The Morgan fingerprint density at radius 3 is 2.76 bits per heavy atom. The minimum atomic E-state index is -0.527. The van der Waals surface area contributed by atoms with Crippen molar-refractivity contribution in [2.75, 3.05) is 11.9 Å². The zero-order chi connectivity index (χ0) is 18.0. The summed E-state index contributed by atoms with van der Waals surface area (Å²) in [7, 11) is 0. The van der Waals surface area contributed by atoms with Crippen molar-refractivity contribution in [3.05, 3.63) is 64.0 Å². The quantitative estimate of drug-likeness (QED) is 0.600. The fourth-order valence-corrected chi connectivity index (χ4v) is 2.73. The van der Waals surface area contributed by atoms with E-state index in [4.69, 9.17) is 27.9 Å². The van der Waals surface area contributed by atoms with Gasteiger partial charge in [0.1, 0.15) is 11.4 Å². The molecule has 1 N–H and O–H groups in total. The molecule has 0 aliphatic carbocycles. The SMILES string of the molecule is CCOC(=O)c1cnc2ccc(Cl)cc2c1Nc1ccc(F)c(Cl)c1. The Balaban J connectivity index is 2.17. The van der Waals surface area contributed by atoms with Gasteiger partial charge in [0.25, 0.3) is 0 Å². The lowest BCUT2D eigenvalue weighted by Gasteiger charge is -2.14. The topological polar surface area (TPSA) is 51.2 Å². The zero-order valence-corrected chi connectivity index (χ0v) is 14.7. The van der Waals surface area contributed by atoms with E-state index in [0.29, 0.717) is 27.3 Å². The maximum Gasteiger partial charge on any atom is 0.341 e. The Kier molecular flexibility index (Phi) is 5.06. The van der Waals surface area contributed by atoms with Crippen molar-refractivity contribution in [2.45, 2.75) is 6.92 Å². The molecule has 128 valence electrons. The van der Waals surface area contributed by atoms with Crippen LogP contribution < -0.4 is 5.32 Å². The molecule has 0 fully saturated rings. The highest BCUT2D eigenvalue weighted by atomic mass is 35.5. The van der Waals surface area contributed by atoms with Crippen molar-refractivity contribution < 1.29 is 13.9 Å². The molecule has 7 heteroatoms. The smallest absolute Gasteiger partial charge is 0.341 e. The van der Waals surface area contributed by atoms with Gasteiger partial charge in [-0.1, -0.05) is 23.2 Å². The van der Waals surface area contributed by atoms with Gasteiger partial charge in [-0.05, 0) is 43.3 Å². The first kappa shape index (κ1) is 17.5. The van der Waals surface area contributed by atoms with E-state index in [1.54, 1.807) is 25.1 Å². The molecule has 0 radical (unpaired) electrons. The molecule has 25 heavy (non-hydrogen) atoms. The van der Waals surface area contributed by atoms with Crippen LogP contribution in [0.25, 0.3) is 10.9 Å². The number of nitrogens with one attached hydrogen (secondary N) is 1. The van der Waals surface area contributed by atoms with Crippen molar-refractivity contribution in [1.82, 2.24) is 4.98 Å². The molecule has 0 aliphatic rings. The number of carbonyl (C=O) groups is 1. The fraction of sp³-hybridized carbons (Fsp3) is 0.111. The highest BCUT2D eigenvalue weighted by Gasteiger charge is 2.17. The molecule has 3 rings (SSSR count). The van der Waals surface area contributed by atoms with E-state index in [-0.39, 0.29) is 17.2 Å². The van der Waals surface area contributed by atoms with Crippen LogP contribution in [0.5, 0.6) is 0 Å². The van der Waals surface area contributed by atoms with Gasteiger partial charge in [-0.3, -0.25) is 4.98 Å². The highest BCUT2D eigenvalue weighted by molar-refractivity contribution is 6.31. The van der Waals surface area contributed by atoms with Crippen molar-refractivity contribution >= 4 is 51.4 Å². The predicted molar refractivity (Wildman–Crippen MR) is 97.4 cm³/mol. The van der Waals surface area contributed by atoms with E-state index >= 15 is 0 Å². The number of fused-ring (bicyclic) bond motifs is 1. The van der Waals surface area contributed by atoms with Crippen LogP contribution in [0, 0.1) is 5.82 Å². The van der Waals surface area contributed by atoms with Gasteiger partial charge in [0, 0.05) is 22.3 Å². The molecule has 4 nitrogen and oxygen atoms in total. The maximum absolute atomic E-state index is 13.4. The number of hydrogen-bond acceptors (Lipinski definition) is 4. The Bertz CT molecular complexity index is 963. The maximum atomic E-state index is 13.4. The van der Waals surface area contributed by atoms with E-state index < -0.39 is 11.8 Å². The summed E-state index contributed by atoms with van der Waals surface area (Å²) in [4.78, 5) is 16.6. The number of pyridine rings is 1. The van der Waals surface area contributed by atoms with Gasteiger partial charge in [-0.25, -0.2) is 9.18 Å². The summed E-state index contributed by atoms with van der Waals surface area (Å²) in [5, 5.41) is 4.20.